The van der Waals surface area contributed by atoms with Gasteiger partial charge < -0.3 is 9.72 Å². The van der Waals surface area contributed by atoms with E-state index in [1.54, 1.807) is 11.3 Å². The summed E-state index contributed by atoms with van der Waals surface area (Å²) in [5.74, 6) is 0. The highest BCUT2D eigenvalue weighted by molar-refractivity contribution is 7.16. The van der Waals surface area contributed by atoms with Crippen molar-refractivity contribution >= 4 is 28.6 Å². The summed E-state index contributed by atoms with van der Waals surface area (Å²) < 4.78 is 2.97. The van der Waals surface area contributed by atoms with Crippen molar-refractivity contribution in [2.45, 2.75) is 26.4 Å². The number of pyridine rings is 1. The third-order valence-electron chi connectivity index (χ3n) is 3.43. The molecule has 1 atom stereocenters. The molecule has 0 amide bonds. The van der Waals surface area contributed by atoms with Gasteiger partial charge in [-0.2, -0.15) is 0 Å². The van der Waals surface area contributed by atoms with Gasteiger partial charge in [-0.05, 0) is 38.1 Å². The lowest BCUT2D eigenvalue weighted by Gasteiger charge is -2.12. The number of hydrogen-bond donors (Lipinski definition) is 1. The van der Waals surface area contributed by atoms with E-state index in [-0.39, 0.29) is 6.04 Å². The molecule has 3 aromatic rings. The number of fused-ring (bicyclic) bond motifs is 1. The van der Waals surface area contributed by atoms with Crippen LogP contribution in [-0.4, -0.2) is 9.38 Å². The summed E-state index contributed by atoms with van der Waals surface area (Å²) in [6.45, 7) is 4.99. The Morgan fingerprint density at radius 2 is 2.20 bits per heavy atom. The molecular formula is C15H16ClN3S. The molecule has 0 saturated heterocycles. The molecule has 0 aliphatic carbocycles. The van der Waals surface area contributed by atoms with Gasteiger partial charge >= 0.3 is 0 Å². The Labute approximate surface area is 127 Å². The van der Waals surface area contributed by atoms with Gasteiger partial charge in [0.1, 0.15) is 5.65 Å². The van der Waals surface area contributed by atoms with E-state index in [0.29, 0.717) is 0 Å². The van der Waals surface area contributed by atoms with Gasteiger partial charge in [-0.25, -0.2) is 4.98 Å². The van der Waals surface area contributed by atoms with Crippen LogP contribution in [0.1, 0.15) is 29.2 Å². The average Bonchev–Trinajstić information content (AvgIpc) is 2.99. The van der Waals surface area contributed by atoms with Crippen LogP contribution < -0.4 is 5.32 Å². The first-order valence-corrected chi connectivity index (χ1v) is 7.76. The standard InChI is InChI=1S/C15H16ClN3S/c1-10-12(19-8-4-3-5-15(19)18-10)9-17-11(2)13-6-7-14(16)20-13/h3-8,11,17H,9H2,1-2H3. The summed E-state index contributed by atoms with van der Waals surface area (Å²) >= 11 is 7.61. The van der Waals surface area contributed by atoms with E-state index in [1.807, 2.05) is 24.3 Å². The summed E-state index contributed by atoms with van der Waals surface area (Å²) in [5, 5.41) is 3.54. The number of thiophene rings is 1. The Bertz CT molecular complexity index is 732. The fourth-order valence-electron chi connectivity index (χ4n) is 2.29. The van der Waals surface area contributed by atoms with E-state index < -0.39 is 0 Å². The lowest BCUT2D eigenvalue weighted by atomic mass is 10.2. The first kappa shape index (κ1) is 13.6. The van der Waals surface area contributed by atoms with Crippen molar-refractivity contribution in [1.82, 2.24) is 14.7 Å². The molecule has 3 rings (SSSR count). The molecule has 5 heteroatoms. The number of halogens is 1. The zero-order valence-corrected chi connectivity index (χ0v) is 13.0. The molecule has 0 aliphatic heterocycles. The van der Waals surface area contributed by atoms with Crippen LogP contribution in [0.4, 0.5) is 0 Å². The summed E-state index contributed by atoms with van der Waals surface area (Å²) in [7, 11) is 0. The second-order valence-electron chi connectivity index (χ2n) is 4.82. The highest BCUT2D eigenvalue weighted by atomic mass is 35.5. The predicted octanol–water partition coefficient (Wildman–Crippen LogP) is 4.21. The third-order valence-corrected chi connectivity index (χ3v) is 4.84. The molecule has 1 unspecified atom stereocenters. The Balaban J connectivity index is 1.78. The zero-order valence-electron chi connectivity index (χ0n) is 11.4. The second kappa shape index (κ2) is 5.56. The number of hydrogen-bond acceptors (Lipinski definition) is 3. The molecule has 20 heavy (non-hydrogen) atoms. The van der Waals surface area contributed by atoms with Crippen LogP contribution in [0.15, 0.2) is 36.5 Å². The molecule has 0 fully saturated rings. The maximum absolute atomic E-state index is 5.98. The van der Waals surface area contributed by atoms with Crippen LogP contribution in [-0.2, 0) is 6.54 Å². The van der Waals surface area contributed by atoms with Gasteiger partial charge in [-0.1, -0.05) is 17.7 Å². The maximum atomic E-state index is 5.98. The van der Waals surface area contributed by atoms with Gasteiger partial charge in [0.2, 0.25) is 0 Å². The van der Waals surface area contributed by atoms with Crippen LogP contribution in [0, 0.1) is 6.92 Å². The van der Waals surface area contributed by atoms with Gasteiger partial charge in [0, 0.05) is 23.7 Å². The molecule has 3 nitrogen and oxygen atoms in total. The fraction of sp³-hybridized carbons (Fsp3) is 0.267. The molecular weight excluding hydrogens is 290 g/mol. The quantitative estimate of drug-likeness (QED) is 0.782. The van der Waals surface area contributed by atoms with E-state index in [4.69, 9.17) is 11.6 Å². The highest BCUT2D eigenvalue weighted by Gasteiger charge is 2.11. The SMILES string of the molecule is Cc1nc2ccccn2c1CNC(C)c1ccc(Cl)s1. The number of rotatable bonds is 4. The summed E-state index contributed by atoms with van der Waals surface area (Å²) in [5.41, 5.74) is 3.27. The van der Waals surface area contributed by atoms with E-state index in [9.17, 15) is 0 Å². The first-order valence-electron chi connectivity index (χ1n) is 6.56. The van der Waals surface area contributed by atoms with Crippen molar-refractivity contribution in [3.63, 3.8) is 0 Å². The number of nitrogens with zero attached hydrogens (tertiary/aromatic N) is 2. The van der Waals surface area contributed by atoms with Crippen LogP contribution >= 0.6 is 22.9 Å². The molecule has 3 heterocycles. The van der Waals surface area contributed by atoms with E-state index in [2.05, 4.69) is 40.8 Å². The van der Waals surface area contributed by atoms with E-state index in [0.717, 1.165) is 22.2 Å². The molecule has 0 saturated carbocycles. The monoisotopic (exact) mass is 305 g/mol. The molecule has 0 bridgehead atoms. The predicted molar refractivity (Wildman–Crippen MR) is 84.5 cm³/mol. The van der Waals surface area contributed by atoms with Gasteiger partial charge in [0.05, 0.1) is 15.7 Å². The van der Waals surface area contributed by atoms with Crippen LogP contribution in [0.3, 0.4) is 0 Å². The van der Waals surface area contributed by atoms with Gasteiger partial charge in [-0.3, -0.25) is 0 Å². The minimum Gasteiger partial charge on any atom is -0.304 e. The number of aromatic nitrogens is 2. The molecule has 104 valence electrons. The second-order valence-corrected chi connectivity index (χ2v) is 6.56. The lowest BCUT2D eigenvalue weighted by Crippen LogP contribution is -2.18. The Morgan fingerprint density at radius 1 is 1.35 bits per heavy atom. The molecule has 3 aromatic heterocycles. The molecule has 1 N–H and O–H groups in total. The number of nitrogens with one attached hydrogen (secondary N) is 1. The van der Waals surface area contributed by atoms with E-state index in [1.165, 1.54) is 10.6 Å². The lowest BCUT2D eigenvalue weighted by molar-refractivity contribution is 0.572. The molecule has 0 spiro atoms. The van der Waals surface area contributed by atoms with Crippen molar-refractivity contribution in [2.24, 2.45) is 0 Å². The topological polar surface area (TPSA) is 29.3 Å². The summed E-state index contributed by atoms with van der Waals surface area (Å²) in [6, 6.07) is 10.4. The van der Waals surface area contributed by atoms with Crippen LogP contribution in [0.2, 0.25) is 4.34 Å². The largest absolute Gasteiger partial charge is 0.304 e. The van der Waals surface area contributed by atoms with E-state index >= 15 is 0 Å². The first-order chi connectivity index (χ1) is 9.65. The summed E-state index contributed by atoms with van der Waals surface area (Å²) in [4.78, 5) is 5.82. The Morgan fingerprint density at radius 3 is 2.95 bits per heavy atom. The molecule has 0 aliphatic rings. The minimum absolute atomic E-state index is 0.279. The normalized spacial score (nSPS) is 12.9. The maximum Gasteiger partial charge on any atom is 0.137 e. The molecule has 0 aromatic carbocycles. The third kappa shape index (κ3) is 2.59. The number of aryl methyl sites for hydroxylation is 1. The van der Waals surface area contributed by atoms with Crippen LogP contribution in [0.25, 0.3) is 5.65 Å². The van der Waals surface area contributed by atoms with Gasteiger partial charge in [0.15, 0.2) is 0 Å². The van der Waals surface area contributed by atoms with Crippen molar-refractivity contribution in [3.05, 3.63) is 57.1 Å². The zero-order chi connectivity index (χ0) is 14.1. The number of imidazole rings is 1. The molecule has 0 radical (unpaired) electrons. The van der Waals surface area contributed by atoms with Gasteiger partial charge in [0.25, 0.3) is 0 Å². The van der Waals surface area contributed by atoms with Gasteiger partial charge in [-0.15, -0.1) is 11.3 Å². The van der Waals surface area contributed by atoms with Crippen molar-refractivity contribution in [1.29, 1.82) is 0 Å². The Kier molecular flexibility index (Phi) is 3.78. The fourth-order valence-corrected chi connectivity index (χ4v) is 3.38. The highest BCUT2D eigenvalue weighted by Crippen LogP contribution is 2.27. The average molecular weight is 306 g/mol. The van der Waals surface area contributed by atoms with Crippen molar-refractivity contribution in [2.75, 3.05) is 0 Å². The van der Waals surface area contributed by atoms with Crippen molar-refractivity contribution in [3.8, 4) is 0 Å². The van der Waals surface area contributed by atoms with Crippen LogP contribution in [0.5, 0.6) is 0 Å². The minimum atomic E-state index is 0.279. The Hall–Kier alpha value is -1.36. The summed E-state index contributed by atoms with van der Waals surface area (Å²) in [6.07, 6.45) is 2.05. The van der Waals surface area contributed by atoms with Crippen molar-refractivity contribution < 1.29 is 0 Å². The smallest absolute Gasteiger partial charge is 0.137 e.